The molecular formula is C18H19ClFN3O. The molecule has 126 valence electrons. The van der Waals surface area contributed by atoms with E-state index in [1.165, 1.54) is 18.6 Å². The maximum absolute atomic E-state index is 13.2. The fourth-order valence-corrected chi connectivity index (χ4v) is 3.06. The zero-order valence-electron chi connectivity index (χ0n) is 13.2. The van der Waals surface area contributed by atoms with E-state index in [4.69, 9.17) is 11.6 Å². The second-order valence-corrected chi connectivity index (χ2v) is 6.42. The number of nitrogens with one attached hydrogen (secondary N) is 2. The van der Waals surface area contributed by atoms with Gasteiger partial charge in [0.15, 0.2) is 0 Å². The molecule has 0 unspecified atom stereocenters. The average Bonchev–Trinajstić information content (AvgIpc) is 2.61. The van der Waals surface area contributed by atoms with Gasteiger partial charge in [-0.05, 0) is 43.2 Å². The first-order valence-electron chi connectivity index (χ1n) is 8.11. The zero-order valence-corrected chi connectivity index (χ0v) is 13.9. The predicted molar refractivity (Wildman–Crippen MR) is 94.1 cm³/mol. The van der Waals surface area contributed by atoms with Gasteiger partial charge in [0.1, 0.15) is 11.6 Å². The summed E-state index contributed by atoms with van der Waals surface area (Å²) in [5, 5.41) is 6.02. The molecule has 4 nitrogen and oxygen atoms in total. The van der Waals surface area contributed by atoms with Crippen LogP contribution in [0, 0.1) is 11.7 Å². The summed E-state index contributed by atoms with van der Waals surface area (Å²) in [7, 11) is 0. The van der Waals surface area contributed by atoms with E-state index in [0.29, 0.717) is 11.5 Å². The number of aromatic nitrogens is 1. The lowest BCUT2D eigenvalue weighted by molar-refractivity contribution is -0.120. The number of rotatable bonds is 4. The average molecular weight is 348 g/mol. The molecule has 0 bridgehead atoms. The standard InChI is InChI=1S/C18H19ClFN3O/c19-15-10-13(6-8-16(15)20)22-14-7-9-17(21-11-14)23-18(24)12-4-2-1-3-5-12/h6-12,22H,1-5H2,(H,21,23,24). The Kier molecular flexibility index (Phi) is 5.30. The van der Waals surface area contributed by atoms with Gasteiger partial charge in [0, 0.05) is 11.6 Å². The molecule has 1 aliphatic rings. The van der Waals surface area contributed by atoms with Crippen LogP contribution in [0.25, 0.3) is 0 Å². The zero-order chi connectivity index (χ0) is 16.9. The van der Waals surface area contributed by atoms with Crippen molar-refractivity contribution in [1.29, 1.82) is 0 Å². The summed E-state index contributed by atoms with van der Waals surface area (Å²) in [6.45, 7) is 0. The smallest absolute Gasteiger partial charge is 0.228 e. The molecule has 0 atom stereocenters. The second kappa shape index (κ2) is 7.62. The molecule has 0 spiro atoms. The third-order valence-corrected chi connectivity index (χ3v) is 4.49. The SMILES string of the molecule is O=C(Nc1ccc(Nc2ccc(F)c(Cl)c2)cn1)C1CCCCC1. The van der Waals surface area contributed by atoms with Gasteiger partial charge in [-0.2, -0.15) is 0 Å². The van der Waals surface area contributed by atoms with Crippen LogP contribution in [-0.2, 0) is 4.79 Å². The van der Waals surface area contributed by atoms with Crippen LogP contribution >= 0.6 is 11.6 Å². The van der Waals surface area contributed by atoms with E-state index in [-0.39, 0.29) is 16.8 Å². The highest BCUT2D eigenvalue weighted by Gasteiger charge is 2.21. The van der Waals surface area contributed by atoms with Crippen LogP contribution in [0.2, 0.25) is 5.02 Å². The Bertz CT molecular complexity index is 715. The molecule has 0 radical (unpaired) electrons. The van der Waals surface area contributed by atoms with E-state index in [2.05, 4.69) is 15.6 Å². The Morgan fingerprint density at radius 1 is 1.12 bits per heavy atom. The quantitative estimate of drug-likeness (QED) is 0.805. The molecule has 1 fully saturated rings. The second-order valence-electron chi connectivity index (χ2n) is 6.01. The number of nitrogens with zero attached hydrogens (tertiary/aromatic N) is 1. The Balaban J connectivity index is 1.60. The molecule has 0 saturated heterocycles. The van der Waals surface area contributed by atoms with Crippen LogP contribution in [-0.4, -0.2) is 10.9 Å². The molecule has 0 aliphatic heterocycles. The van der Waals surface area contributed by atoms with E-state index in [1.807, 2.05) is 0 Å². The van der Waals surface area contributed by atoms with Crippen molar-refractivity contribution < 1.29 is 9.18 Å². The molecule has 1 heterocycles. The van der Waals surface area contributed by atoms with Gasteiger partial charge in [-0.15, -0.1) is 0 Å². The van der Waals surface area contributed by atoms with E-state index in [1.54, 1.807) is 24.4 Å². The lowest BCUT2D eigenvalue weighted by atomic mass is 9.89. The molecule has 24 heavy (non-hydrogen) atoms. The topological polar surface area (TPSA) is 54.0 Å². The fourth-order valence-electron chi connectivity index (χ4n) is 2.88. The van der Waals surface area contributed by atoms with Gasteiger partial charge in [0.05, 0.1) is 16.9 Å². The number of halogens is 2. The minimum atomic E-state index is -0.457. The third-order valence-electron chi connectivity index (χ3n) is 4.20. The van der Waals surface area contributed by atoms with Crippen molar-refractivity contribution in [3.8, 4) is 0 Å². The number of anilines is 3. The molecule has 1 aromatic carbocycles. The molecule has 1 aliphatic carbocycles. The summed E-state index contributed by atoms with van der Waals surface area (Å²) < 4.78 is 13.2. The first-order valence-corrected chi connectivity index (χ1v) is 8.48. The fraction of sp³-hybridized carbons (Fsp3) is 0.333. The van der Waals surface area contributed by atoms with Crippen molar-refractivity contribution >= 4 is 34.7 Å². The molecule has 1 aromatic heterocycles. The van der Waals surface area contributed by atoms with E-state index in [9.17, 15) is 9.18 Å². The Labute approximate surface area is 145 Å². The first-order chi connectivity index (χ1) is 11.6. The van der Waals surface area contributed by atoms with Crippen LogP contribution in [0.5, 0.6) is 0 Å². The highest BCUT2D eigenvalue weighted by molar-refractivity contribution is 6.31. The lowest BCUT2D eigenvalue weighted by Gasteiger charge is -2.20. The molecule has 6 heteroatoms. The van der Waals surface area contributed by atoms with Gasteiger partial charge in [0.2, 0.25) is 5.91 Å². The Morgan fingerprint density at radius 2 is 1.88 bits per heavy atom. The molecular weight excluding hydrogens is 329 g/mol. The van der Waals surface area contributed by atoms with Gasteiger partial charge in [-0.1, -0.05) is 30.9 Å². The van der Waals surface area contributed by atoms with Gasteiger partial charge in [0.25, 0.3) is 0 Å². The normalized spacial score (nSPS) is 15.1. The Morgan fingerprint density at radius 3 is 2.54 bits per heavy atom. The molecule has 1 amide bonds. The van der Waals surface area contributed by atoms with Crippen LogP contribution < -0.4 is 10.6 Å². The van der Waals surface area contributed by atoms with Crippen molar-refractivity contribution in [1.82, 2.24) is 4.98 Å². The van der Waals surface area contributed by atoms with E-state index in [0.717, 1.165) is 31.4 Å². The number of carbonyl (C=O) groups is 1. The summed E-state index contributed by atoms with van der Waals surface area (Å²) in [5.41, 5.74) is 1.40. The van der Waals surface area contributed by atoms with Gasteiger partial charge < -0.3 is 10.6 Å². The summed E-state index contributed by atoms with van der Waals surface area (Å²) in [4.78, 5) is 16.4. The molecule has 3 rings (SSSR count). The van der Waals surface area contributed by atoms with Crippen LogP contribution in [0.15, 0.2) is 36.5 Å². The predicted octanol–water partition coefficient (Wildman–Crippen LogP) is 5.14. The van der Waals surface area contributed by atoms with Gasteiger partial charge >= 0.3 is 0 Å². The van der Waals surface area contributed by atoms with E-state index >= 15 is 0 Å². The minimum absolute atomic E-state index is 0.0493. The van der Waals surface area contributed by atoms with Gasteiger partial charge in [-0.25, -0.2) is 9.37 Å². The lowest BCUT2D eigenvalue weighted by Crippen LogP contribution is -2.25. The van der Waals surface area contributed by atoms with Crippen molar-refractivity contribution in [2.45, 2.75) is 32.1 Å². The number of benzene rings is 1. The molecule has 2 aromatic rings. The minimum Gasteiger partial charge on any atom is -0.354 e. The maximum atomic E-state index is 13.2. The number of hydrogen-bond donors (Lipinski definition) is 2. The first kappa shape index (κ1) is 16.7. The largest absolute Gasteiger partial charge is 0.354 e. The highest BCUT2D eigenvalue weighted by atomic mass is 35.5. The van der Waals surface area contributed by atoms with Crippen LogP contribution in [0.1, 0.15) is 32.1 Å². The van der Waals surface area contributed by atoms with Crippen molar-refractivity contribution in [2.75, 3.05) is 10.6 Å². The summed E-state index contributed by atoms with van der Waals surface area (Å²) in [6, 6.07) is 7.96. The van der Waals surface area contributed by atoms with Crippen LogP contribution in [0.4, 0.5) is 21.6 Å². The maximum Gasteiger partial charge on any atom is 0.228 e. The van der Waals surface area contributed by atoms with Crippen molar-refractivity contribution in [3.05, 3.63) is 47.4 Å². The summed E-state index contributed by atoms with van der Waals surface area (Å²) in [5.74, 6) is 0.224. The van der Waals surface area contributed by atoms with Crippen molar-refractivity contribution in [2.24, 2.45) is 5.92 Å². The third kappa shape index (κ3) is 4.23. The van der Waals surface area contributed by atoms with Gasteiger partial charge in [-0.3, -0.25) is 4.79 Å². The molecule has 1 saturated carbocycles. The Hall–Kier alpha value is -2.14. The summed E-state index contributed by atoms with van der Waals surface area (Å²) in [6.07, 6.45) is 6.99. The van der Waals surface area contributed by atoms with Crippen LogP contribution in [0.3, 0.4) is 0 Å². The monoisotopic (exact) mass is 347 g/mol. The number of amides is 1. The van der Waals surface area contributed by atoms with E-state index < -0.39 is 5.82 Å². The van der Waals surface area contributed by atoms with Crippen molar-refractivity contribution in [3.63, 3.8) is 0 Å². The number of hydrogen-bond acceptors (Lipinski definition) is 3. The highest BCUT2D eigenvalue weighted by Crippen LogP contribution is 2.25. The number of carbonyl (C=O) groups excluding carboxylic acids is 1. The molecule has 2 N–H and O–H groups in total. The number of pyridine rings is 1. The summed E-state index contributed by atoms with van der Waals surface area (Å²) >= 11 is 5.76.